The molecular weight excluding hydrogens is 292 g/mol. The van der Waals surface area contributed by atoms with Gasteiger partial charge in [-0.25, -0.2) is 4.79 Å². The standard InChI is InChI=1S/C18H24N2O3/c21-17(19-13-6-2-1-3-7-13)20-14-8-9-15-16(12-14)23-18(22-15)10-4-5-11-18/h8-9,12-13H,1-7,10-11H2,(H2,19,20,21). The zero-order valence-corrected chi connectivity index (χ0v) is 13.4. The molecule has 4 rings (SSSR count). The van der Waals surface area contributed by atoms with Crippen LogP contribution in [0.1, 0.15) is 57.8 Å². The lowest BCUT2D eigenvalue weighted by Gasteiger charge is -2.22. The topological polar surface area (TPSA) is 59.6 Å². The van der Waals surface area contributed by atoms with Gasteiger partial charge in [0.05, 0.1) is 0 Å². The predicted molar refractivity (Wildman–Crippen MR) is 87.9 cm³/mol. The third-order valence-corrected chi connectivity index (χ3v) is 5.10. The van der Waals surface area contributed by atoms with E-state index in [0.29, 0.717) is 6.04 Å². The van der Waals surface area contributed by atoms with Crippen molar-refractivity contribution in [3.63, 3.8) is 0 Å². The number of carbonyl (C=O) groups excluding carboxylic acids is 1. The average molecular weight is 316 g/mol. The summed E-state index contributed by atoms with van der Waals surface area (Å²) in [6.45, 7) is 0. The van der Waals surface area contributed by atoms with Crippen LogP contribution in [0.3, 0.4) is 0 Å². The molecule has 0 atom stereocenters. The molecule has 0 bridgehead atoms. The normalized spacial score (nSPS) is 22.3. The molecule has 1 heterocycles. The first-order chi connectivity index (χ1) is 11.2. The van der Waals surface area contributed by atoms with Gasteiger partial charge in [0.2, 0.25) is 0 Å². The highest BCUT2D eigenvalue weighted by molar-refractivity contribution is 5.89. The maximum Gasteiger partial charge on any atom is 0.319 e. The Morgan fingerprint density at radius 1 is 1.00 bits per heavy atom. The van der Waals surface area contributed by atoms with E-state index in [0.717, 1.165) is 55.7 Å². The van der Waals surface area contributed by atoms with Gasteiger partial charge in [-0.15, -0.1) is 0 Å². The Morgan fingerprint density at radius 2 is 1.74 bits per heavy atom. The molecule has 3 aliphatic rings. The van der Waals surface area contributed by atoms with Crippen LogP contribution in [0.4, 0.5) is 10.5 Å². The Bertz CT molecular complexity index is 590. The molecule has 1 aromatic carbocycles. The van der Waals surface area contributed by atoms with E-state index < -0.39 is 5.79 Å². The van der Waals surface area contributed by atoms with E-state index in [-0.39, 0.29) is 6.03 Å². The van der Waals surface area contributed by atoms with Crippen molar-refractivity contribution in [2.24, 2.45) is 0 Å². The summed E-state index contributed by atoms with van der Waals surface area (Å²) in [5.41, 5.74) is 0.746. The van der Waals surface area contributed by atoms with Gasteiger partial charge in [0.25, 0.3) is 5.79 Å². The van der Waals surface area contributed by atoms with E-state index in [1.165, 1.54) is 19.3 Å². The maximum absolute atomic E-state index is 12.1. The lowest BCUT2D eigenvalue weighted by molar-refractivity contribution is -0.0716. The van der Waals surface area contributed by atoms with Crippen molar-refractivity contribution >= 4 is 11.7 Å². The van der Waals surface area contributed by atoms with E-state index in [1.807, 2.05) is 18.2 Å². The summed E-state index contributed by atoms with van der Waals surface area (Å²) in [7, 11) is 0. The van der Waals surface area contributed by atoms with Crippen LogP contribution >= 0.6 is 0 Å². The van der Waals surface area contributed by atoms with Crippen molar-refractivity contribution in [2.45, 2.75) is 69.6 Å². The minimum atomic E-state index is -0.453. The SMILES string of the molecule is O=C(Nc1ccc2c(c1)OC1(CCCC1)O2)NC1CCCCC1. The van der Waals surface area contributed by atoms with Crippen LogP contribution in [0.25, 0.3) is 0 Å². The molecule has 2 N–H and O–H groups in total. The second kappa shape index (κ2) is 5.95. The first kappa shape index (κ1) is 14.7. The smallest absolute Gasteiger partial charge is 0.319 e. The number of hydrogen-bond acceptors (Lipinski definition) is 3. The Kier molecular flexibility index (Phi) is 3.79. The lowest BCUT2D eigenvalue weighted by Crippen LogP contribution is -2.39. The minimum absolute atomic E-state index is 0.133. The van der Waals surface area contributed by atoms with Crippen LogP contribution < -0.4 is 20.1 Å². The Balaban J connectivity index is 1.38. The predicted octanol–water partition coefficient (Wildman–Crippen LogP) is 4.18. The number of anilines is 1. The molecule has 124 valence electrons. The number of fused-ring (bicyclic) bond motifs is 1. The molecule has 0 aromatic heterocycles. The van der Waals surface area contributed by atoms with E-state index in [9.17, 15) is 4.79 Å². The fraction of sp³-hybridized carbons (Fsp3) is 0.611. The number of amides is 2. The summed E-state index contributed by atoms with van der Waals surface area (Å²) in [5, 5.41) is 5.97. The van der Waals surface area contributed by atoms with Gasteiger partial charge in [-0.3, -0.25) is 0 Å². The van der Waals surface area contributed by atoms with Crippen molar-refractivity contribution in [1.82, 2.24) is 5.32 Å². The van der Waals surface area contributed by atoms with Crippen molar-refractivity contribution in [1.29, 1.82) is 0 Å². The molecule has 5 nitrogen and oxygen atoms in total. The highest BCUT2D eigenvalue weighted by Crippen LogP contribution is 2.47. The van der Waals surface area contributed by atoms with Crippen LogP contribution in [0.5, 0.6) is 11.5 Å². The minimum Gasteiger partial charge on any atom is -0.448 e. The van der Waals surface area contributed by atoms with Gasteiger partial charge in [0.15, 0.2) is 11.5 Å². The van der Waals surface area contributed by atoms with Crippen molar-refractivity contribution < 1.29 is 14.3 Å². The molecule has 0 radical (unpaired) electrons. The highest BCUT2D eigenvalue weighted by atomic mass is 16.7. The quantitative estimate of drug-likeness (QED) is 0.860. The number of carbonyl (C=O) groups is 1. The zero-order valence-electron chi connectivity index (χ0n) is 13.4. The Hall–Kier alpha value is -1.91. The van der Waals surface area contributed by atoms with Crippen molar-refractivity contribution in [3.05, 3.63) is 18.2 Å². The average Bonchev–Trinajstić information content (AvgIpc) is 3.14. The lowest BCUT2D eigenvalue weighted by atomic mass is 9.96. The number of nitrogens with one attached hydrogen (secondary N) is 2. The van der Waals surface area contributed by atoms with Gasteiger partial charge >= 0.3 is 6.03 Å². The number of ether oxygens (including phenoxy) is 2. The molecule has 0 saturated heterocycles. The monoisotopic (exact) mass is 316 g/mol. The number of benzene rings is 1. The summed E-state index contributed by atoms with van der Waals surface area (Å²) in [6, 6.07) is 5.80. The van der Waals surface area contributed by atoms with Gasteiger partial charge in [0, 0.05) is 30.6 Å². The third kappa shape index (κ3) is 3.09. The molecule has 1 aromatic rings. The van der Waals surface area contributed by atoms with Gasteiger partial charge in [-0.2, -0.15) is 0 Å². The first-order valence-electron chi connectivity index (χ1n) is 8.82. The van der Waals surface area contributed by atoms with E-state index in [2.05, 4.69) is 10.6 Å². The molecule has 1 aliphatic heterocycles. The van der Waals surface area contributed by atoms with Gasteiger partial charge < -0.3 is 20.1 Å². The second-order valence-electron chi connectivity index (χ2n) is 6.92. The summed E-state index contributed by atoms with van der Waals surface area (Å²) in [5.74, 6) is 1.07. The molecule has 23 heavy (non-hydrogen) atoms. The second-order valence-corrected chi connectivity index (χ2v) is 6.92. The van der Waals surface area contributed by atoms with E-state index >= 15 is 0 Å². The van der Waals surface area contributed by atoms with Gasteiger partial charge in [-0.1, -0.05) is 19.3 Å². The molecule has 2 amide bonds. The third-order valence-electron chi connectivity index (χ3n) is 5.10. The summed E-state index contributed by atoms with van der Waals surface area (Å²) in [4.78, 5) is 12.1. The molecule has 2 saturated carbocycles. The molecule has 5 heteroatoms. The number of hydrogen-bond donors (Lipinski definition) is 2. The van der Waals surface area contributed by atoms with Crippen molar-refractivity contribution in [2.75, 3.05) is 5.32 Å². The highest BCUT2D eigenvalue weighted by Gasteiger charge is 2.44. The van der Waals surface area contributed by atoms with Crippen LogP contribution in [0.2, 0.25) is 0 Å². The number of rotatable bonds is 2. The molecule has 0 unspecified atom stereocenters. The largest absolute Gasteiger partial charge is 0.448 e. The summed E-state index contributed by atoms with van der Waals surface area (Å²) < 4.78 is 12.0. The van der Waals surface area contributed by atoms with E-state index in [4.69, 9.17) is 9.47 Å². The maximum atomic E-state index is 12.1. The Morgan fingerprint density at radius 3 is 2.52 bits per heavy atom. The van der Waals surface area contributed by atoms with Gasteiger partial charge in [0.1, 0.15) is 0 Å². The Labute approximate surface area is 136 Å². The summed E-state index contributed by atoms with van der Waals surface area (Å²) in [6.07, 6.45) is 10.0. The number of urea groups is 1. The molecular formula is C18H24N2O3. The molecule has 2 fully saturated rings. The fourth-order valence-electron chi connectivity index (χ4n) is 3.89. The molecule has 2 aliphatic carbocycles. The van der Waals surface area contributed by atoms with Gasteiger partial charge in [-0.05, 0) is 37.8 Å². The summed E-state index contributed by atoms with van der Waals surface area (Å²) >= 11 is 0. The molecule has 1 spiro atoms. The van der Waals surface area contributed by atoms with E-state index in [1.54, 1.807) is 0 Å². The van der Waals surface area contributed by atoms with Crippen LogP contribution in [0, 0.1) is 0 Å². The zero-order chi connectivity index (χ0) is 15.7. The van der Waals surface area contributed by atoms with Crippen LogP contribution in [-0.2, 0) is 0 Å². The fourth-order valence-corrected chi connectivity index (χ4v) is 3.89. The van der Waals surface area contributed by atoms with Crippen LogP contribution in [-0.4, -0.2) is 17.9 Å². The first-order valence-corrected chi connectivity index (χ1v) is 8.82. The van der Waals surface area contributed by atoms with Crippen LogP contribution in [0.15, 0.2) is 18.2 Å². The van der Waals surface area contributed by atoms with Crippen molar-refractivity contribution in [3.8, 4) is 11.5 Å².